The van der Waals surface area contributed by atoms with Crippen LogP contribution >= 0.6 is 0 Å². The second kappa shape index (κ2) is 7.15. The Bertz CT molecular complexity index is 719. The van der Waals surface area contributed by atoms with Crippen molar-refractivity contribution in [3.05, 3.63) is 83.4 Å². The van der Waals surface area contributed by atoms with E-state index in [0.717, 1.165) is 0 Å². The molecule has 2 nitrogen and oxygen atoms in total. The number of aliphatic hydroxyl groups is 1. The van der Waals surface area contributed by atoms with Crippen molar-refractivity contribution in [1.29, 1.82) is 0 Å². The second-order valence-electron chi connectivity index (χ2n) is 7.61. The van der Waals surface area contributed by atoms with Gasteiger partial charge in [-0.3, -0.25) is 0 Å². The van der Waals surface area contributed by atoms with Crippen LogP contribution in [0.25, 0.3) is 0 Å². The van der Waals surface area contributed by atoms with Crippen LogP contribution < -0.4 is 5.32 Å². The highest BCUT2D eigenvalue weighted by Crippen LogP contribution is 2.44. The molecule has 3 rings (SSSR count). The van der Waals surface area contributed by atoms with Crippen molar-refractivity contribution in [2.75, 3.05) is 0 Å². The summed E-state index contributed by atoms with van der Waals surface area (Å²) in [4.78, 5) is 0. The molecule has 2 aromatic rings. The van der Waals surface area contributed by atoms with Crippen LogP contribution in [0.15, 0.2) is 61.2 Å². The minimum Gasteiger partial charge on any atom is -0.389 e. The summed E-state index contributed by atoms with van der Waals surface area (Å²) in [7, 11) is 0. The van der Waals surface area contributed by atoms with E-state index in [1.54, 1.807) is 0 Å². The molecule has 1 heterocycles. The second-order valence-corrected chi connectivity index (χ2v) is 7.61. The zero-order valence-corrected chi connectivity index (χ0v) is 15.5. The largest absolute Gasteiger partial charge is 0.389 e. The summed E-state index contributed by atoms with van der Waals surface area (Å²) >= 11 is 0. The van der Waals surface area contributed by atoms with E-state index >= 15 is 0 Å². The predicted molar refractivity (Wildman–Crippen MR) is 105 cm³/mol. The molecule has 132 valence electrons. The minimum atomic E-state index is -0.752. The fourth-order valence-electron chi connectivity index (χ4n) is 3.96. The van der Waals surface area contributed by atoms with Gasteiger partial charge in [0.2, 0.25) is 0 Å². The lowest BCUT2D eigenvalue weighted by molar-refractivity contribution is -0.0654. The first kappa shape index (κ1) is 17.9. The van der Waals surface area contributed by atoms with Gasteiger partial charge < -0.3 is 10.4 Å². The van der Waals surface area contributed by atoms with E-state index in [4.69, 9.17) is 0 Å². The molecular weight excluding hydrogens is 306 g/mol. The Morgan fingerprint density at radius 2 is 1.56 bits per heavy atom. The van der Waals surface area contributed by atoms with E-state index in [-0.39, 0.29) is 18.0 Å². The van der Waals surface area contributed by atoms with Crippen LogP contribution in [-0.4, -0.2) is 10.7 Å². The fourth-order valence-corrected chi connectivity index (χ4v) is 3.96. The van der Waals surface area contributed by atoms with Crippen molar-refractivity contribution in [1.82, 2.24) is 5.32 Å². The Morgan fingerprint density at radius 3 is 2.08 bits per heavy atom. The Morgan fingerprint density at radius 1 is 1.04 bits per heavy atom. The number of piperidine rings is 1. The molecule has 0 saturated carbocycles. The third-order valence-electron chi connectivity index (χ3n) is 5.70. The standard InChI is InChI=1S/C23H29NO/c1-5-14-23(25)15-21(19-10-6-16(2)7-11-19)24-22(18(23)4)20-12-8-17(3)9-13-20/h5-13,18,21-22,24-25H,1,14-15H2,2-4H3. The van der Waals surface area contributed by atoms with Crippen molar-refractivity contribution in [2.45, 2.75) is 51.3 Å². The monoisotopic (exact) mass is 335 g/mol. The summed E-state index contributed by atoms with van der Waals surface area (Å²) in [5.74, 6) is 0.106. The highest BCUT2D eigenvalue weighted by atomic mass is 16.3. The van der Waals surface area contributed by atoms with Gasteiger partial charge in [0, 0.05) is 18.0 Å². The normalized spacial score (nSPS) is 29.4. The first-order valence-electron chi connectivity index (χ1n) is 9.15. The molecule has 2 heteroatoms. The SMILES string of the molecule is C=CCC1(O)CC(c2ccc(C)cc2)NC(c2ccc(C)cc2)C1C. The van der Waals surface area contributed by atoms with Gasteiger partial charge in [0.1, 0.15) is 0 Å². The zero-order chi connectivity index (χ0) is 18.0. The Kier molecular flexibility index (Phi) is 5.12. The Hall–Kier alpha value is -1.90. The average molecular weight is 335 g/mol. The maximum absolute atomic E-state index is 11.4. The number of hydrogen-bond donors (Lipinski definition) is 2. The fraction of sp³-hybridized carbons (Fsp3) is 0.391. The van der Waals surface area contributed by atoms with Gasteiger partial charge in [0.15, 0.2) is 0 Å². The molecule has 1 fully saturated rings. The maximum Gasteiger partial charge on any atom is 0.0743 e. The number of benzene rings is 2. The average Bonchev–Trinajstić information content (AvgIpc) is 2.59. The molecule has 2 N–H and O–H groups in total. The molecule has 0 radical (unpaired) electrons. The summed E-state index contributed by atoms with van der Waals surface area (Å²) in [5.41, 5.74) is 4.22. The third kappa shape index (κ3) is 3.70. The van der Waals surface area contributed by atoms with Crippen molar-refractivity contribution < 1.29 is 5.11 Å². The molecule has 0 aliphatic carbocycles. The third-order valence-corrected chi connectivity index (χ3v) is 5.70. The van der Waals surface area contributed by atoms with Crippen molar-refractivity contribution in [3.8, 4) is 0 Å². The summed E-state index contributed by atoms with van der Waals surface area (Å²) in [6.07, 6.45) is 3.16. The van der Waals surface area contributed by atoms with Gasteiger partial charge in [-0.1, -0.05) is 72.7 Å². The van der Waals surface area contributed by atoms with Crippen LogP contribution in [0.3, 0.4) is 0 Å². The molecule has 0 amide bonds. The van der Waals surface area contributed by atoms with Crippen molar-refractivity contribution in [3.63, 3.8) is 0 Å². The molecular formula is C23H29NO. The minimum absolute atomic E-state index is 0.106. The number of nitrogens with one attached hydrogen (secondary N) is 1. The first-order chi connectivity index (χ1) is 11.9. The highest BCUT2D eigenvalue weighted by molar-refractivity contribution is 5.30. The van der Waals surface area contributed by atoms with Gasteiger partial charge >= 0.3 is 0 Å². The van der Waals surface area contributed by atoms with E-state index < -0.39 is 5.60 Å². The smallest absolute Gasteiger partial charge is 0.0743 e. The molecule has 0 spiro atoms. The van der Waals surface area contributed by atoms with Gasteiger partial charge in [-0.15, -0.1) is 6.58 Å². The molecule has 1 aliphatic rings. The molecule has 2 aromatic carbocycles. The summed E-state index contributed by atoms with van der Waals surface area (Å²) < 4.78 is 0. The van der Waals surface area contributed by atoms with Crippen LogP contribution in [0.1, 0.15) is 54.1 Å². The first-order valence-corrected chi connectivity index (χ1v) is 9.15. The Labute approximate surface area is 151 Å². The topological polar surface area (TPSA) is 32.3 Å². The predicted octanol–water partition coefficient (Wildman–Crippen LogP) is 5.02. The van der Waals surface area contributed by atoms with E-state index in [1.807, 2.05) is 6.08 Å². The lowest BCUT2D eigenvalue weighted by Crippen LogP contribution is -2.51. The Balaban J connectivity index is 1.97. The van der Waals surface area contributed by atoms with Crippen LogP contribution in [0.2, 0.25) is 0 Å². The summed E-state index contributed by atoms with van der Waals surface area (Å²) in [6, 6.07) is 17.5. The molecule has 4 atom stereocenters. The number of rotatable bonds is 4. The highest BCUT2D eigenvalue weighted by Gasteiger charge is 2.45. The number of aryl methyl sites for hydroxylation is 2. The van der Waals surface area contributed by atoms with E-state index in [9.17, 15) is 5.11 Å². The van der Waals surface area contributed by atoms with Crippen LogP contribution in [0.5, 0.6) is 0 Å². The summed E-state index contributed by atoms with van der Waals surface area (Å²) in [6.45, 7) is 10.2. The molecule has 1 saturated heterocycles. The molecule has 4 unspecified atom stereocenters. The van der Waals surface area contributed by atoms with Crippen LogP contribution in [0, 0.1) is 19.8 Å². The molecule has 0 aromatic heterocycles. The van der Waals surface area contributed by atoms with E-state index in [2.05, 4.69) is 81.2 Å². The lowest BCUT2D eigenvalue weighted by atomic mass is 9.70. The summed E-state index contributed by atoms with van der Waals surface area (Å²) in [5, 5.41) is 15.2. The molecule has 25 heavy (non-hydrogen) atoms. The van der Waals surface area contributed by atoms with Crippen molar-refractivity contribution in [2.24, 2.45) is 5.92 Å². The quantitative estimate of drug-likeness (QED) is 0.769. The van der Waals surface area contributed by atoms with Gasteiger partial charge in [-0.25, -0.2) is 0 Å². The zero-order valence-electron chi connectivity index (χ0n) is 15.5. The van der Waals surface area contributed by atoms with Gasteiger partial charge in [0.25, 0.3) is 0 Å². The lowest BCUT2D eigenvalue weighted by Gasteiger charge is -2.47. The van der Waals surface area contributed by atoms with Crippen molar-refractivity contribution >= 4 is 0 Å². The molecule has 1 aliphatic heterocycles. The van der Waals surface area contributed by atoms with Crippen LogP contribution in [-0.2, 0) is 0 Å². The van der Waals surface area contributed by atoms with Gasteiger partial charge in [0.05, 0.1) is 5.60 Å². The van der Waals surface area contributed by atoms with Gasteiger partial charge in [-0.2, -0.15) is 0 Å². The van der Waals surface area contributed by atoms with Crippen LogP contribution in [0.4, 0.5) is 0 Å². The van der Waals surface area contributed by atoms with E-state index in [0.29, 0.717) is 12.8 Å². The molecule has 0 bridgehead atoms. The van der Waals surface area contributed by atoms with E-state index in [1.165, 1.54) is 22.3 Å². The number of hydrogen-bond acceptors (Lipinski definition) is 2. The van der Waals surface area contributed by atoms with Gasteiger partial charge in [-0.05, 0) is 37.8 Å². The maximum atomic E-state index is 11.4.